The van der Waals surface area contributed by atoms with Crippen molar-refractivity contribution in [2.24, 2.45) is 0 Å². The molecule has 1 N–H and O–H groups in total. The Hall–Kier alpha value is -4.89. The fraction of sp³-hybridized carbons (Fsp3) is 0.108. The SMILES string of the molecule is C/C=C(\C=N)n1c2ccccc2c2cc(-c3ccc4c(c3)c3ccccc3n4C3=C/C=C(\C)CCC=C3)ccc21. The van der Waals surface area contributed by atoms with Gasteiger partial charge in [0.15, 0.2) is 0 Å². The Balaban J connectivity index is 1.45. The Kier molecular flexibility index (Phi) is 5.86. The lowest BCUT2D eigenvalue weighted by atomic mass is 10.0. The molecule has 2 heterocycles. The molecule has 0 fully saturated rings. The molecule has 7 rings (SSSR count). The van der Waals surface area contributed by atoms with Gasteiger partial charge in [-0.25, -0.2) is 0 Å². The van der Waals surface area contributed by atoms with E-state index >= 15 is 0 Å². The van der Waals surface area contributed by atoms with E-state index in [1.54, 1.807) is 0 Å². The molecule has 0 atom stereocenters. The third kappa shape index (κ3) is 3.77. The number of fused-ring (bicyclic) bond motifs is 6. The maximum Gasteiger partial charge on any atom is 0.0595 e. The van der Waals surface area contributed by atoms with Gasteiger partial charge in [0.25, 0.3) is 0 Å². The average molecular weight is 518 g/mol. The number of benzene rings is 4. The first kappa shape index (κ1) is 24.2. The lowest BCUT2D eigenvalue weighted by molar-refractivity contribution is 0.973. The van der Waals surface area contributed by atoms with Crippen molar-refractivity contribution in [3.05, 3.63) is 121 Å². The normalized spacial score (nSPS) is 15.8. The number of allylic oxidation sites excluding steroid dienone is 8. The zero-order valence-corrected chi connectivity index (χ0v) is 22.9. The highest BCUT2D eigenvalue weighted by Gasteiger charge is 2.16. The molecule has 40 heavy (non-hydrogen) atoms. The van der Waals surface area contributed by atoms with Crippen molar-refractivity contribution in [3.63, 3.8) is 0 Å². The van der Waals surface area contributed by atoms with Gasteiger partial charge in [-0.3, -0.25) is 0 Å². The van der Waals surface area contributed by atoms with E-state index in [0.29, 0.717) is 0 Å². The summed E-state index contributed by atoms with van der Waals surface area (Å²) in [5, 5.41) is 12.9. The molecular weight excluding hydrogens is 486 g/mol. The van der Waals surface area contributed by atoms with Crippen molar-refractivity contribution in [2.75, 3.05) is 0 Å². The highest BCUT2D eigenvalue weighted by atomic mass is 15.0. The van der Waals surface area contributed by atoms with Crippen molar-refractivity contribution < 1.29 is 0 Å². The molecule has 0 aliphatic heterocycles. The molecule has 3 nitrogen and oxygen atoms in total. The first-order chi connectivity index (χ1) is 19.7. The second kappa shape index (κ2) is 9.69. The molecule has 1 aliphatic carbocycles. The van der Waals surface area contributed by atoms with Gasteiger partial charge in [-0.1, -0.05) is 72.3 Å². The quantitative estimate of drug-likeness (QED) is 0.226. The summed E-state index contributed by atoms with van der Waals surface area (Å²) in [7, 11) is 0. The second-order valence-corrected chi connectivity index (χ2v) is 10.6. The molecule has 0 radical (unpaired) electrons. The fourth-order valence-corrected chi connectivity index (χ4v) is 6.17. The van der Waals surface area contributed by atoms with E-state index in [0.717, 1.165) is 29.6 Å². The molecule has 0 saturated heterocycles. The Morgan fingerprint density at radius 2 is 1.32 bits per heavy atom. The molecule has 0 unspecified atom stereocenters. The van der Waals surface area contributed by atoms with Crippen LogP contribution < -0.4 is 0 Å². The maximum atomic E-state index is 7.99. The van der Waals surface area contributed by atoms with Crippen LogP contribution in [0.4, 0.5) is 0 Å². The minimum absolute atomic E-state index is 0.871. The van der Waals surface area contributed by atoms with Crippen LogP contribution in [0.1, 0.15) is 26.7 Å². The van der Waals surface area contributed by atoms with Gasteiger partial charge in [0.2, 0.25) is 0 Å². The van der Waals surface area contributed by atoms with Gasteiger partial charge >= 0.3 is 0 Å². The van der Waals surface area contributed by atoms with Crippen LogP contribution in [-0.2, 0) is 0 Å². The number of rotatable bonds is 4. The lowest BCUT2D eigenvalue weighted by Crippen LogP contribution is -1.97. The molecule has 0 bridgehead atoms. The molecule has 6 aromatic rings. The van der Waals surface area contributed by atoms with E-state index < -0.39 is 0 Å². The topological polar surface area (TPSA) is 33.7 Å². The molecule has 194 valence electrons. The Bertz CT molecular complexity index is 2090. The zero-order valence-electron chi connectivity index (χ0n) is 22.9. The standard InChI is InChI=1S/C37H31N3/c1-3-28(24-38)39-34-14-8-6-12-30(34)32-22-26(17-20-36(32)39)27-18-21-37-33(23-27)31-13-7-9-15-35(31)40(37)29-11-5-4-10-25(2)16-19-29/h3,5-9,11-24,38H,4,10H2,1-2H3/b11-5?,25-16+,28-3+,29-19?,38-24?. The van der Waals surface area contributed by atoms with Gasteiger partial charge in [-0.2, -0.15) is 0 Å². The van der Waals surface area contributed by atoms with Crippen molar-refractivity contribution in [1.29, 1.82) is 5.41 Å². The monoisotopic (exact) mass is 517 g/mol. The number of hydrogen-bond acceptors (Lipinski definition) is 1. The molecular formula is C37H31N3. The smallest absolute Gasteiger partial charge is 0.0595 e. The molecule has 3 heteroatoms. The van der Waals surface area contributed by atoms with E-state index in [4.69, 9.17) is 5.41 Å². The predicted octanol–water partition coefficient (Wildman–Crippen LogP) is 10.2. The predicted molar refractivity (Wildman–Crippen MR) is 173 cm³/mol. The van der Waals surface area contributed by atoms with Crippen LogP contribution in [0, 0.1) is 5.41 Å². The molecule has 1 aliphatic rings. The minimum atomic E-state index is 0.871. The summed E-state index contributed by atoms with van der Waals surface area (Å²) in [6.07, 6.45) is 14.7. The van der Waals surface area contributed by atoms with Crippen LogP contribution >= 0.6 is 0 Å². The minimum Gasteiger partial charge on any atom is -0.309 e. The highest BCUT2D eigenvalue weighted by molar-refractivity contribution is 6.16. The third-order valence-corrected chi connectivity index (χ3v) is 8.17. The zero-order chi connectivity index (χ0) is 27.2. The van der Waals surface area contributed by atoms with Gasteiger partial charge in [0.1, 0.15) is 0 Å². The lowest BCUT2D eigenvalue weighted by Gasteiger charge is -2.11. The second-order valence-electron chi connectivity index (χ2n) is 10.6. The number of nitrogens with zero attached hydrogens (tertiary/aromatic N) is 2. The molecule has 0 spiro atoms. The fourth-order valence-electron chi connectivity index (χ4n) is 6.17. The summed E-state index contributed by atoms with van der Waals surface area (Å²) in [6.45, 7) is 4.20. The first-order valence-electron chi connectivity index (χ1n) is 14.0. The number of para-hydroxylation sites is 2. The van der Waals surface area contributed by atoms with Crippen LogP contribution in [-0.4, -0.2) is 15.3 Å². The van der Waals surface area contributed by atoms with Gasteiger partial charge in [-0.15, -0.1) is 0 Å². The summed E-state index contributed by atoms with van der Waals surface area (Å²) in [6, 6.07) is 30.8. The van der Waals surface area contributed by atoms with E-state index in [9.17, 15) is 0 Å². The highest BCUT2D eigenvalue weighted by Crippen LogP contribution is 2.38. The van der Waals surface area contributed by atoms with E-state index in [1.165, 1.54) is 61.2 Å². The van der Waals surface area contributed by atoms with Crippen LogP contribution in [0.2, 0.25) is 0 Å². The number of nitrogens with one attached hydrogen (secondary N) is 1. The Labute approximate surface area is 234 Å². The molecule has 2 aromatic heterocycles. The Morgan fingerprint density at radius 3 is 2.05 bits per heavy atom. The molecule has 0 amide bonds. The third-order valence-electron chi connectivity index (χ3n) is 8.17. The van der Waals surface area contributed by atoms with Gasteiger partial charge in [0.05, 0.1) is 27.8 Å². The van der Waals surface area contributed by atoms with Crippen LogP contribution in [0.3, 0.4) is 0 Å². The van der Waals surface area contributed by atoms with E-state index in [2.05, 4.69) is 125 Å². The number of hydrogen-bond donors (Lipinski definition) is 1. The Morgan fingerprint density at radius 1 is 0.725 bits per heavy atom. The van der Waals surface area contributed by atoms with Gasteiger partial charge in [-0.05, 0) is 86.4 Å². The van der Waals surface area contributed by atoms with E-state index in [1.807, 2.05) is 13.0 Å². The summed E-state index contributed by atoms with van der Waals surface area (Å²) in [5.41, 5.74) is 10.5. The van der Waals surface area contributed by atoms with Crippen LogP contribution in [0.5, 0.6) is 0 Å². The summed E-state index contributed by atoms with van der Waals surface area (Å²) in [5.74, 6) is 0. The average Bonchev–Trinajstić information content (AvgIpc) is 3.49. The maximum absolute atomic E-state index is 7.99. The van der Waals surface area contributed by atoms with Crippen molar-refractivity contribution in [2.45, 2.75) is 26.7 Å². The molecule has 4 aromatic carbocycles. The van der Waals surface area contributed by atoms with Crippen molar-refractivity contribution in [3.8, 4) is 11.1 Å². The first-order valence-corrected chi connectivity index (χ1v) is 14.0. The largest absolute Gasteiger partial charge is 0.309 e. The molecule has 0 saturated carbocycles. The van der Waals surface area contributed by atoms with Crippen LogP contribution in [0.15, 0.2) is 121 Å². The summed E-state index contributed by atoms with van der Waals surface area (Å²) in [4.78, 5) is 0. The van der Waals surface area contributed by atoms with Crippen molar-refractivity contribution in [1.82, 2.24) is 9.13 Å². The van der Waals surface area contributed by atoms with Gasteiger partial charge in [0, 0.05) is 33.5 Å². The van der Waals surface area contributed by atoms with E-state index in [-0.39, 0.29) is 0 Å². The summed E-state index contributed by atoms with van der Waals surface area (Å²) < 4.78 is 4.58. The number of aromatic nitrogens is 2. The van der Waals surface area contributed by atoms with Crippen LogP contribution in [0.25, 0.3) is 66.1 Å². The van der Waals surface area contributed by atoms with Crippen molar-refractivity contribution >= 4 is 61.2 Å². The summed E-state index contributed by atoms with van der Waals surface area (Å²) >= 11 is 0. The van der Waals surface area contributed by atoms with Gasteiger partial charge < -0.3 is 14.5 Å².